The van der Waals surface area contributed by atoms with E-state index < -0.39 is 0 Å². The Morgan fingerprint density at radius 3 is 3.07 bits per heavy atom. The van der Waals surface area contributed by atoms with Crippen molar-refractivity contribution in [3.05, 3.63) is 23.8 Å². The van der Waals surface area contributed by atoms with Gasteiger partial charge < -0.3 is 5.32 Å². The van der Waals surface area contributed by atoms with Crippen LogP contribution in [-0.4, -0.2) is 11.2 Å². The molecule has 0 fully saturated rings. The third-order valence-electron chi connectivity index (χ3n) is 2.13. The molecule has 1 atom stereocenters. The molecule has 1 aromatic carbocycles. The van der Waals surface area contributed by atoms with Crippen molar-refractivity contribution in [1.29, 1.82) is 0 Å². The lowest BCUT2D eigenvalue weighted by Gasteiger charge is -2.21. The predicted molar refractivity (Wildman–Crippen MR) is 59.9 cm³/mol. The van der Waals surface area contributed by atoms with Crippen molar-refractivity contribution in [1.82, 2.24) is 0 Å². The standard InChI is InChI=1S/C10H10ClNOS/c1-6-10(13)12-8-3-2-7(5-11)4-9(8)14-6/h2-4,6H,5H2,1H3,(H,12,13). The second kappa shape index (κ2) is 3.83. The lowest BCUT2D eigenvalue weighted by atomic mass is 10.2. The van der Waals surface area contributed by atoms with Gasteiger partial charge in [-0.1, -0.05) is 6.07 Å². The Morgan fingerprint density at radius 1 is 1.57 bits per heavy atom. The quantitative estimate of drug-likeness (QED) is 0.748. The zero-order valence-corrected chi connectivity index (χ0v) is 9.28. The second-order valence-electron chi connectivity index (χ2n) is 3.21. The number of thioether (sulfide) groups is 1. The molecule has 1 aliphatic rings. The first-order valence-corrected chi connectivity index (χ1v) is 5.78. The molecule has 2 nitrogen and oxygen atoms in total. The van der Waals surface area contributed by atoms with E-state index in [4.69, 9.17) is 11.6 Å². The first-order valence-electron chi connectivity index (χ1n) is 4.37. The molecule has 4 heteroatoms. The molecule has 0 saturated heterocycles. The summed E-state index contributed by atoms with van der Waals surface area (Å²) in [6.45, 7) is 1.90. The number of carbonyl (C=O) groups is 1. The molecule has 1 aromatic rings. The number of nitrogens with one attached hydrogen (secondary N) is 1. The molecule has 74 valence electrons. The molecule has 1 aliphatic heterocycles. The van der Waals surface area contributed by atoms with E-state index in [1.54, 1.807) is 11.8 Å². The highest BCUT2D eigenvalue weighted by Gasteiger charge is 2.22. The summed E-state index contributed by atoms with van der Waals surface area (Å²) in [6, 6.07) is 5.87. The molecule has 0 bridgehead atoms. The topological polar surface area (TPSA) is 29.1 Å². The highest BCUT2D eigenvalue weighted by atomic mass is 35.5. The Balaban J connectivity index is 2.37. The minimum atomic E-state index is -0.0203. The van der Waals surface area contributed by atoms with Gasteiger partial charge >= 0.3 is 0 Å². The van der Waals surface area contributed by atoms with Crippen molar-refractivity contribution < 1.29 is 4.79 Å². The van der Waals surface area contributed by atoms with Gasteiger partial charge in [0.05, 0.1) is 10.9 Å². The van der Waals surface area contributed by atoms with Gasteiger partial charge in [-0.05, 0) is 24.6 Å². The van der Waals surface area contributed by atoms with Gasteiger partial charge in [0.15, 0.2) is 0 Å². The number of amides is 1. The van der Waals surface area contributed by atoms with Crippen molar-refractivity contribution in [2.45, 2.75) is 22.9 Å². The van der Waals surface area contributed by atoms with E-state index in [9.17, 15) is 4.79 Å². The van der Waals surface area contributed by atoms with Crippen LogP contribution in [0.2, 0.25) is 0 Å². The van der Waals surface area contributed by atoms with Crippen LogP contribution in [0.3, 0.4) is 0 Å². The first-order chi connectivity index (χ1) is 6.70. The van der Waals surface area contributed by atoms with Crippen LogP contribution in [0.25, 0.3) is 0 Å². The molecule has 0 saturated carbocycles. The van der Waals surface area contributed by atoms with Crippen LogP contribution < -0.4 is 5.32 Å². The summed E-state index contributed by atoms with van der Waals surface area (Å²) in [5, 5.41) is 2.84. The number of alkyl halides is 1. The summed E-state index contributed by atoms with van der Waals surface area (Å²) < 4.78 is 0. The molecular weight excluding hydrogens is 218 g/mol. The molecule has 0 aliphatic carbocycles. The van der Waals surface area contributed by atoms with E-state index in [-0.39, 0.29) is 11.2 Å². The van der Waals surface area contributed by atoms with Gasteiger partial charge in [0.2, 0.25) is 5.91 Å². The molecule has 1 amide bonds. The Labute approximate surface area is 92.0 Å². The average molecular weight is 228 g/mol. The van der Waals surface area contributed by atoms with Gasteiger partial charge in [-0.3, -0.25) is 4.79 Å². The zero-order chi connectivity index (χ0) is 10.1. The Kier molecular flexibility index (Phi) is 2.70. The van der Waals surface area contributed by atoms with Gasteiger partial charge in [0, 0.05) is 10.8 Å². The Morgan fingerprint density at radius 2 is 2.36 bits per heavy atom. The van der Waals surface area contributed by atoms with Crippen LogP contribution in [0.4, 0.5) is 5.69 Å². The maximum atomic E-state index is 11.4. The van der Waals surface area contributed by atoms with Gasteiger partial charge in [-0.25, -0.2) is 0 Å². The van der Waals surface area contributed by atoms with Crippen LogP contribution in [0.5, 0.6) is 0 Å². The van der Waals surface area contributed by atoms with Crippen molar-refractivity contribution in [3.63, 3.8) is 0 Å². The lowest BCUT2D eigenvalue weighted by molar-refractivity contribution is -0.115. The van der Waals surface area contributed by atoms with Gasteiger partial charge in [-0.2, -0.15) is 0 Å². The van der Waals surface area contributed by atoms with Crippen molar-refractivity contribution in [3.8, 4) is 0 Å². The van der Waals surface area contributed by atoms with Crippen molar-refractivity contribution >= 4 is 35.0 Å². The number of fused-ring (bicyclic) bond motifs is 1. The number of halogens is 1. The summed E-state index contributed by atoms with van der Waals surface area (Å²) in [4.78, 5) is 12.5. The number of rotatable bonds is 1. The molecule has 14 heavy (non-hydrogen) atoms. The molecule has 0 aromatic heterocycles. The zero-order valence-electron chi connectivity index (χ0n) is 7.71. The largest absolute Gasteiger partial charge is 0.324 e. The molecular formula is C10H10ClNOS. The van der Waals surface area contributed by atoms with E-state index >= 15 is 0 Å². The number of benzene rings is 1. The van der Waals surface area contributed by atoms with Gasteiger partial charge in [-0.15, -0.1) is 23.4 Å². The smallest absolute Gasteiger partial charge is 0.237 e. The van der Waals surface area contributed by atoms with E-state index in [0.717, 1.165) is 16.1 Å². The average Bonchev–Trinajstić information content (AvgIpc) is 2.19. The highest BCUT2D eigenvalue weighted by molar-refractivity contribution is 8.00. The number of carbonyl (C=O) groups excluding carboxylic acids is 1. The predicted octanol–water partition coefficient (Wildman–Crippen LogP) is 2.86. The minimum absolute atomic E-state index is 0.0203. The van der Waals surface area contributed by atoms with Crippen LogP contribution >= 0.6 is 23.4 Å². The van der Waals surface area contributed by atoms with Gasteiger partial charge in [0.1, 0.15) is 0 Å². The molecule has 1 heterocycles. The molecule has 0 spiro atoms. The number of hydrogen-bond acceptors (Lipinski definition) is 2. The number of hydrogen-bond donors (Lipinski definition) is 1. The molecule has 1 unspecified atom stereocenters. The SMILES string of the molecule is CC1Sc2cc(CCl)ccc2NC1=O. The highest BCUT2D eigenvalue weighted by Crippen LogP contribution is 2.36. The summed E-state index contributed by atoms with van der Waals surface area (Å²) in [6.07, 6.45) is 0. The van der Waals surface area contributed by atoms with E-state index in [2.05, 4.69) is 5.32 Å². The minimum Gasteiger partial charge on any atom is -0.324 e. The van der Waals surface area contributed by atoms with Gasteiger partial charge in [0.25, 0.3) is 0 Å². The van der Waals surface area contributed by atoms with E-state index in [0.29, 0.717) is 5.88 Å². The fourth-order valence-corrected chi connectivity index (χ4v) is 2.51. The van der Waals surface area contributed by atoms with E-state index in [1.165, 1.54) is 0 Å². The molecule has 2 rings (SSSR count). The Bertz CT molecular complexity index is 380. The fourth-order valence-electron chi connectivity index (χ4n) is 1.33. The summed E-state index contributed by atoms with van der Waals surface area (Å²) >= 11 is 7.32. The van der Waals surface area contributed by atoms with Crippen LogP contribution in [0, 0.1) is 0 Å². The van der Waals surface area contributed by atoms with Crippen LogP contribution in [-0.2, 0) is 10.7 Å². The normalized spacial score (nSPS) is 20.1. The number of anilines is 1. The fraction of sp³-hybridized carbons (Fsp3) is 0.300. The third kappa shape index (κ3) is 1.74. The molecule has 0 radical (unpaired) electrons. The maximum Gasteiger partial charge on any atom is 0.237 e. The van der Waals surface area contributed by atoms with Crippen LogP contribution in [0.1, 0.15) is 12.5 Å². The van der Waals surface area contributed by atoms with Crippen LogP contribution in [0.15, 0.2) is 23.1 Å². The maximum absolute atomic E-state index is 11.4. The lowest BCUT2D eigenvalue weighted by Crippen LogP contribution is -2.26. The third-order valence-corrected chi connectivity index (χ3v) is 3.60. The second-order valence-corrected chi connectivity index (χ2v) is 4.86. The molecule has 1 N–H and O–H groups in total. The Hall–Kier alpha value is -0.670. The summed E-state index contributed by atoms with van der Waals surface area (Å²) in [7, 11) is 0. The van der Waals surface area contributed by atoms with Crippen molar-refractivity contribution in [2.24, 2.45) is 0 Å². The summed E-state index contributed by atoms with van der Waals surface area (Å²) in [5.41, 5.74) is 1.98. The first kappa shape index (κ1) is 9.87. The monoisotopic (exact) mass is 227 g/mol. The summed E-state index contributed by atoms with van der Waals surface area (Å²) in [5.74, 6) is 0.581. The van der Waals surface area contributed by atoms with Crippen molar-refractivity contribution in [2.75, 3.05) is 5.32 Å². The van der Waals surface area contributed by atoms with E-state index in [1.807, 2.05) is 25.1 Å².